The van der Waals surface area contributed by atoms with Gasteiger partial charge in [-0.05, 0) is 94.1 Å². The standard InChI is InChI=1S/C29H40FN3O2/c1-19-4-6-20(7-5-19)29(13-14-29)32-27(35)25-23-9-8-22(28(23)11-12-28)24(25)26(34)31-15-2-3-16-33-17-10-21(30)18-33/h4-7,21-25H,2-3,8-18H2,1H3,(H,31,34)(H,32,35). The summed E-state index contributed by atoms with van der Waals surface area (Å²) >= 11 is 0. The van der Waals surface area contributed by atoms with Crippen molar-refractivity contribution in [2.75, 3.05) is 26.2 Å². The molecule has 1 aromatic rings. The van der Waals surface area contributed by atoms with Crippen LogP contribution in [0.4, 0.5) is 4.39 Å². The number of amides is 2. The third-order valence-corrected chi connectivity index (χ3v) is 10.1. The van der Waals surface area contributed by atoms with Crippen LogP contribution in [-0.4, -0.2) is 49.1 Å². The molecule has 2 amide bonds. The molecule has 4 aliphatic carbocycles. The second kappa shape index (κ2) is 8.86. The molecule has 190 valence electrons. The molecule has 1 aliphatic heterocycles. The quantitative estimate of drug-likeness (QED) is 0.522. The van der Waals surface area contributed by atoms with Gasteiger partial charge in [0.05, 0.1) is 17.4 Å². The smallest absolute Gasteiger partial charge is 0.224 e. The van der Waals surface area contributed by atoms with Crippen LogP contribution in [0.25, 0.3) is 0 Å². The first kappa shape index (κ1) is 23.4. The lowest BCUT2D eigenvalue weighted by atomic mass is 9.78. The maximum atomic E-state index is 13.8. The average Bonchev–Trinajstić information content (AvgIpc) is 3.71. The number of nitrogens with zero attached hydrogens (tertiary/aromatic N) is 1. The van der Waals surface area contributed by atoms with Crippen LogP contribution in [0.3, 0.4) is 0 Å². The summed E-state index contributed by atoms with van der Waals surface area (Å²) in [6, 6.07) is 8.53. The van der Waals surface area contributed by atoms with E-state index in [1.165, 1.54) is 24.0 Å². The largest absolute Gasteiger partial charge is 0.356 e. The van der Waals surface area contributed by atoms with E-state index in [0.29, 0.717) is 31.3 Å². The van der Waals surface area contributed by atoms with Crippen LogP contribution in [0.1, 0.15) is 68.9 Å². The zero-order valence-electron chi connectivity index (χ0n) is 21.0. The first-order valence-corrected chi connectivity index (χ1v) is 14.0. The number of carbonyl (C=O) groups excluding carboxylic acids is 2. The lowest BCUT2D eigenvalue weighted by Crippen LogP contribution is -2.47. The predicted molar refractivity (Wildman–Crippen MR) is 133 cm³/mol. The molecule has 5 aliphatic rings. The van der Waals surface area contributed by atoms with Crippen molar-refractivity contribution >= 4 is 11.8 Å². The lowest BCUT2D eigenvalue weighted by Gasteiger charge is -2.31. The number of aryl methyl sites for hydroxylation is 1. The Morgan fingerprint density at radius 2 is 1.66 bits per heavy atom. The van der Waals surface area contributed by atoms with Gasteiger partial charge in [-0.25, -0.2) is 4.39 Å². The molecule has 35 heavy (non-hydrogen) atoms. The zero-order valence-corrected chi connectivity index (χ0v) is 21.0. The summed E-state index contributed by atoms with van der Waals surface area (Å²) in [7, 11) is 0. The van der Waals surface area contributed by atoms with Gasteiger partial charge < -0.3 is 15.5 Å². The van der Waals surface area contributed by atoms with Crippen LogP contribution in [0.2, 0.25) is 0 Å². The summed E-state index contributed by atoms with van der Waals surface area (Å²) in [5, 5.41) is 6.64. The van der Waals surface area contributed by atoms with Gasteiger partial charge in [-0.2, -0.15) is 0 Å². The Hall–Kier alpha value is -1.95. The minimum Gasteiger partial charge on any atom is -0.356 e. The van der Waals surface area contributed by atoms with E-state index in [-0.39, 0.29) is 34.6 Å². The van der Waals surface area contributed by atoms with E-state index in [4.69, 9.17) is 0 Å². The number of nitrogens with one attached hydrogen (secondary N) is 2. The van der Waals surface area contributed by atoms with Crippen molar-refractivity contribution in [3.8, 4) is 0 Å². The van der Waals surface area contributed by atoms with E-state index < -0.39 is 6.17 Å². The molecule has 5 unspecified atom stereocenters. The van der Waals surface area contributed by atoms with E-state index in [9.17, 15) is 14.0 Å². The molecule has 5 nitrogen and oxygen atoms in total. The molecular formula is C29H40FN3O2. The second-order valence-electron chi connectivity index (χ2n) is 12.2. The summed E-state index contributed by atoms with van der Waals surface area (Å²) in [5.41, 5.74) is 2.43. The van der Waals surface area contributed by atoms with E-state index in [1.54, 1.807) is 0 Å². The molecule has 1 saturated heterocycles. The Bertz CT molecular complexity index is 971. The van der Waals surface area contributed by atoms with Crippen molar-refractivity contribution in [2.45, 2.75) is 76.4 Å². The molecular weight excluding hydrogens is 441 g/mol. The van der Waals surface area contributed by atoms with E-state index >= 15 is 0 Å². The SMILES string of the molecule is Cc1ccc(C2(NC(=O)C3C(C(=O)NCCCCN4CCC(F)C4)C4CCC3C43CC3)CC2)cc1. The van der Waals surface area contributed by atoms with Crippen molar-refractivity contribution < 1.29 is 14.0 Å². The molecule has 0 aromatic heterocycles. The second-order valence-corrected chi connectivity index (χ2v) is 12.2. The number of rotatable bonds is 9. The van der Waals surface area contributed by atoms with E-state index in [0.717, 1.165) is 51.6 Å². The first-order chi connectivity index (χ1) is 16.9. The minimum atomic E-state index is -0.675. The van der Waals surface area contributed by atoms with Crippen molar-refractivity contribution in [3.63, 3.8) is 0 Å². The Morgan fingerprint density at radius 3 is 2.26 bits per heavy atom. The van der Waals surface area contributed by atoms with Gasteiger partial charge in [0.15, 0.2) is 0 Å². The molecule has 2 N–H and O–H groups in total. The Labute approximate surface area is 208 Å². The number of unbranched alkanes of at least 4 members (excludes halogenated alkanes) is 1. The fraction of sp³-hybridized carbons (Fsp3) is 0.724. The first-order valence-electron chi connectivity index (χ1n) is 14.0. The van der Waals surface area contributed by atoms with Gasteiger partial charge in [0.2, 0.25) is 11.8 Å². The van der Waals surface area contributed by atoms with Crippen LogP contribution < -0.4 is 10.6 Å². The number of hydrogen-bond donors (Lipinski definition) is 2. The van der Waals surface area contributed by atoms with Gasteiger partial charge in [-0.3, -0.25) is 9.59 Å². The highest BCUT2D eigenvalue weighted by Gasteiger charge is 2.71. The van der Waals surface area contributed by atoms with Crippen molar-refractivity contribution in [2.24, 2.45) is 29.1 Å². The topological polar surface area (TPSA) is 61.4 Å². The highest BCUT2D eigenvalue weighted by molar-refractivity contribution is 5.90. The predicted octanol–water partition coefficient (Wildman–Crippen LogP) is 4.09. The lowest BCUT2D eigenvalue weighted by molar-refractivity contribution is -0.137. The van der Waals surface area contributed by atoms with Gasteiger partial charge in [0, 0.05) is 19.6 Å². The van der Waals surface area contributed by atoms with Gasteiger partial charge in [-0.15, -0.1) is 0 Å². The summed E-state index contributed by atoms with van der Waals surface area (Å²) < 4.78 is 13.4. The molecule has 6 heteroatoms. The Kier molecular flexibility index (Phi) is 5.94. The van der Waals surface area contributed by atoms with Crippen LogP contribution >= 0.6 is 0 Å². The highest BCUT2D eigenvalue weighted by Crippen LogP contribution is 2.74. The molecule has 2 bridgehead atoms. The minimum absolute atomic E-state index is 0.0915. The molecule has 4 saturated carbocycles. The summed E-state index contributed by atoms with van der Waals surface area (Å²) in [5.74, 6) is 0.552. The maximum Gasteiger partial charge on any atom is 0.224 e. The van der Waals surface area contributed by atoms with E-state index in [1.807, 2.05) is 0 Å². The molecule has 6 rings (SSSR count). The van der Waals surface area contributed by atoms with Crippen molar-refractivity contribution in [3.05, 3.63) is 35.4 Å². The van der Waals surface area contributed by atoms with Crippen LogP contribution in [-0.2, 0) is 15.1 Å². The van der Waals surface area contributed by atoms with Gasteiger partial charge in [0.25, 0.3) is 0 Å². The third kappa shape index (κ3) is 4.20. The number of benzene rings is 1. The fourth-order valence-electron chi connectivity index (χ4n) is 7.94. The van der Waals surface area contributed by atoms with Gasteiger partial charge in [0.1, 0.15) is 6.17 Å². The average molecular weight is 482 g/mol. The zero-order chi connectivity index (χ0) is 24.2. The summed E-state index contributed by atoms with van der Waals surface area (Å²) in [6.45, 7) is 5.04. The Morgan fingerprint density at radius 1 is 0.971 bits per heavy atom. The molecule has 5 fully saturated rings. The Balaban J connectivity index is 1.08. The maximum absolute atomic E-state index is 13.8. The molecule has 1 aromatic carbocycles. The number of likely N-dealkylation sites (tertiary alicyclic amines) is 1. The fourth-order valence-corrected chi connectivity index (χ4v) is 7.94. The van der Waals surface area contributed by atoms with Crippen LogP contribution in [0.15, 0.2) is 24.3 Å². The number of halogens is 1. The molecule has 1 spiro atoms. The van der Waals surface area contributed by atoms with Crippen LogP contribution in [0, 0.1) is 36.0 Å². The highest BCUT2D eigenvalue weighted by atomic mass is 19.1. The van der Waals surface area contributed by atoms with Gasteiger partial charge in [-0.1, -0.05) is 29.8 Å². The number of carbonyl (C=O) groups is 2. The molecule has 1 heterocycles. The van der Waals surface area contributed by atoms with Crippen molar-refractivity contribution in [1.82, 2.24) is 15.5 Å². The van der Waals surface area contributed by atoms with Crippen molar-refractivity contribution in [1.29, 1.82) is 0 Å². The monoisotopic (exact) mass is 481 g/mol. The summed E-state index contributed by atoms with van der Waals surface area (Å²) in [4.78, 5) is 29.4. The normalized spacial score (nSPS) is 33.7. The molecule has 5 atom stereocenters. The van der Waals surface area contributed by atoms with Crippen LogP contribution in [0.5, 0.6) is 0 Å². The third-order valence-electron chi connectivity index (χ3n) is 10.1. The van der Waals surface area contributed by atoms with Gasteiger partial charge >= 0.3 is 0 Å². The van der Waals surface area contributed by atoms with E-state index in [2.05, 4.69) is 46.7 Å². The number of hydrogen-bond acceptors (Lipinski definition) is 3. The summed E-state index contributed by atoms with van der Waals surface area (Å²) in [6.07, 6.45) is 8.35. The molecule has 0 radical (unpaired) electrons. The number of alkyl halides is 1.